The highest BCUT2D eigenvalue weighted by Crippen LogP contribution is 2.29. The van der Waals surface area contributed by atoms with E-state index in [1.54, 1.807) is 4.90 Å². The number of benzene rings is 2. The first-order valence-corrected chi connectivity index (χ1v) is 8.18. The minimum atomic E-state index is -0.430. The van der Waals surface area contributed by atoms with Crippen molar-refractivity contribution in [1.82, 2.24) is 4.90 Å². The van der Waals surface area contributed by atoms with Crippen LogP contribution in [-0.4, -0.2) is 35.2 Å². The number of nitrogens with zero attached hydrogens (tertiary/aromatic N) is 1. The molecule has 0 saturated carbocycles. The lowest BCUT2D eigenvalue weighted by Gasteiger charge is -2.20. The van der Waals surface area contributed by atoms with E-state index in [0.717, 1.165) is 5.56 Å². The number of anilines is 1. The van der Waals surface area contributed by atoms with Gasteiger partial charge in [-0.2, -0.15) is 0 Å². The Morgan fingerprint density at radius 2 is 1.92 bits per heavy atom. The van der Waals surface area contributed by atoms with Crippen LogP contribution < -0.4 is 10.1 Å². The molecule has 1 heterocycles. The zero-order valence-electron chi connectivity index (χ0n) is 13.7. The van der Waals surface area contributed by atoms with Crippen LogP contribution in [0.5, 0.6) is 5.75 Å². The molecule has 0 unspecified atom stereocenters. The lowest BCUT2D eigenvalue weighted by atomic mass is 10.1. The summed E-state index contributed by atoms with van der Waals surface area (Å²) in [6.45, 7) is 2.91. The van der Waals surface area contributed by atoms with Crippen LogP contribution in [0, 0.1) is 0 Å². The molecule has 2 aromatic carbocycles. The molecular weight excluding hydrogens is 304 g/mol. The third-order valence-electron chi connectivity index (χ3n) is 4.15. The molecule has 0 spiro atoms. The van der Waals surface area contributed by atoms with Gasteiger partial charge in [0, 0.05) is 13.1 Å². The molecule has 2 atom stereocenters. The standard InChI is InChI=1S/C19H22N2O3/c1-14(15-7-3-2-4-8-15)24-18-10-6-5-9-17(18)20-19(23)21-12-11-16(22)13-21/h2-10,14,16,22H,11-13H2,1H3,(H,20,23)/t14-,16+/m1/s1. The second-order valence-corrected chi connectivity index (χ2v) is 5.99. The number of amides is 2. The fourth-order valence-electron chi connectivity index (χ4n) is 2.78. The molecule has 2 N–H and O–H groups in total. The van der Waals surface area contributed by atoms with Gasteiger partial charge in [0.1, 0.15) is 11.9 Å². The summed E-state index contributed by atoms with van der Waals surface area (Å²) in [6.07, 6.45) is 0.0644. The fraction of sp³-hybridized carbons (Fsp3) is 0.316. The molecule has 126 valence electrons. The Balaban J connectivity index is 1.70. The Morgan fingerprint density at radius 1 is 1.21 bits per heavy atom. The highest BCUT2D eigenvalue weighted by molar-refractivity contribution is 5.91. The van der Waals surface area contributed by atoms with E-state index in [2.05, 4.69) is 5.32 Å². The van der Waals surface area contributed by atoms with Gasteiger partial charge in [0.2, 0.25) is 0 Å². The van der Waals surface area contributed by atoms with Gasteiger partial charge in [-0.25, -0.2) is 4.79 Å². The number of nitrogens with one attached hydrogen (secondary N) is 1. The molecule has 1 fully saturated rings. The van der Waals surface area contributed by atoms with Crippen LogP contribution in [0.1, 0.15) is 25.0 Å². The average molecular weight is 326 g/mol. The highest BCUT2D eigenvalue weighted by atomic mass is 16.5. The minimum absolute atomic E-state index is 0.127. The molecule has 3 rings (SSSR count). The van der Waals surface area contributed by atoms with E-state index in [1.807, 2.05) is 61.5 Å². The number of carbonyl (C=O) groups excluding carboxylic acids is 1. The van der Waals surface area contributed by atoms with Gasteiger partial charge in [-0.05, 0) is 31.0 Å². The molecule has 0 radical (unpaired) electrons. The predicted molar refractivity (Wildman–Crippen MR) is 93.1 cm³/mol. The van der Waals surface area contributed by atoms with Crippen LogP contribution in [0.15, 0.2) is 54.6 Å². The lowest BCUT2D eigenvalue weighted by Crippen LogP contribution is -2.33. The van der Waals surface area contributed by atoms with Gasteiger partial charge in [0.05, 0.1) is 11.8 Å². The van der Waals surface area contributed by atoms with Crippen LogP contribution in [0.4, 0.5) is 10.5 Å². The molecule has 0 aromatic heterocycles. The number of ether oxygens (including phenoxy) is 1. The fourth-order valence-corrected chi connectivity index (χ4v) is 2.78. The van der Waals surface area contributed by atoms with Crippen molar-refractivity contribution in [2.24, 2.45) is 0 Å². The summed E-state index contributed by atoms with van der Waals surface area (Å²) < 4.78 is 6.03. The summed E-state index contributed by atoms with van der Waals surface area (Å²) in [5.41, 5.74) is 1.70. The van der Waals surface area contributed by atoms with E-state index in [4.69, 9.17) is 4.74 Å². The zero-order valence-corrected chi connectivity index (χ0v) is 13.7. The topological polar surface area (TPSA) is 61.8 Å². The van der Waals surface area contributed by atoms with E-state index in [9.17, 15) is 9.90 Å². The van der Waals surface area contributed by atoms with Gasteiger partial charge < -0.3 is 20.1 Å². The van der Waals surface area contributed by atoms with Crippen LogP contribution >= 0.6 is 0 Å². The number of β-amino-alcohol motifs (C(OH)–C–C–N with tert-alkyl or cyclic N) is 1. The summed E-state index contributed by atoms with van der Waals surface area (Å²) >= 11 is 0. The van der Waals surface area contributed by atoms with E-state index >= 15 is 0 Å². The van der Waals surface area contributed by atoms with E-state index in [0.29, 0.717) is 30.9 Å². The molecule has 0 bridgehead atoms. The average Bonchev–Trinajstić information content (AvgIpc) is 3.04. The van der Waals surface area contributed by atoms with Crippen LogP contribution in [0.2, 0.25) is 0 Å². The quantitative estimate of drug-likeness (QED) is 0.905. The van der Waals surface area contributed by atoms with Crippen molar-refractivity contribution in [3.05, 3.63) is 60.2 Å². The molecule has 2 amide bonds. The van der Waals surface area contributed by atoms with Crippen LogP contribution in [0.25, 0.3) is 0 Å². The van der Waals surface area contributed by atoms with Crippen LogP contribution in [-0.2, 0) is 0 Å². The van der Waals surface area contributed by atoms with Crippen molar-refractivity contribution in [2.45, 2.75) is 25.6 Å². The van der Waals surface area contributed by atoms with Gasteiger partial charge in [0.15, 0.2) is 0 Å². The van der Waals surface area contributed by atoms with Gasteiger partial charge >= 0.3 is 6.03 Å². The largest absolute Gasteiger partial charge is 0.484 e. The Labute approximate surface area is 141 Å². The second-order valence-electron chi connectivity index (χ2n) is 5.99. The minimum Gasteiger partial charge on any atom is -0.484 e. The van der Waals surface area contributed by atoms with Gasteiger partial charge in [-0.1, -0.05) is 42.5 Å². The van der Waals surface area contributed by atoms with E-state index < -0.39 is 6.10 Å². The van der Waals surface area contributed by atoms with E-state index in [1.165, 1.54) is 0 Å². The Bertz CT molecular complexity index is 690. The number of aliphatic hydroxyl groups excluding tert-OH is 1. The number of para-hydroxylation sites is 2. The lowest BCUT2D eigenvalue weighted by molar-refractivity contribution is 0.176. The molecule has 2 aromatic rings. The number of aliphatic hydroxyl groups is 1. The normalized spacial score (nSPS) is 18.2. The highest BCUT2D eigenvalue weighted by Gasteiger charge is 2.25. The third-order valence-corrected chi connectivity index (χ3v) is 4.15. The summed E-state index contributed by atoms with van der Waals surface area (Å²) in [6, 6.07) is 17.1. The van der Waals surface area contributed by atoms with Crippen molar-refractivity contribution in [3.8, 4) is 5.75 Å². The maximum Gasteiger partial charge on any atom is 0.322 e. The predicted octanol–water partition coefficient (Wildman–Crippen LogP) is 3.43. The summed E-state index contributed by atoms with van der Waals surface area (Å²) in [4.78, 5) is 13.9. The Hall–Kier alpha value is -2.53. The summed E-state index contributed by atoms with van der Waals surface area (Å²) in [5, 5.41) is 12.4. The number of hydrogen-bond acceptors (Lipinski definition) is 3. The molecule has 5 heteroatoms. The molecule has 1 aliphatic heterocycles. The molecule has 1 aliphatic rings. The smallest absolute Gasteiger partial charge is 0.322 e. The van der Waals surface area contributed by atoms with Crippen molar-refractivity contribution >= 4 is 11.7 Å². The number of carbonyl (C=O) groups is 1. The van der Waals surface area contributed by atoms with E-state index in [-0.39, 0.29) is 12.1 Å². The maximum atomic E-state index is 12.3. The van der Waals surface area contributed by atoms with Crippen LogP contribution in [0.3, 0.4) is 0 Å². The van der Waals surface area contributed by atoms with Crippen molar-refractivity contribution in [1.29, 1.82) is 0 Å². The monoisotopic (exact) mass is 326 g/mol. The van der Waals surface area contributed by atoms with Gasteiger partial charge in [-0.3, -0.25) is 0 Å². The Morgan fingerprint density at radius 3 is 2.62 bits per heavy atom. The summed E-state index contributed by atoms with van der Waals surface area (Å²) in [7, 11) is 0. The number of hydrogen-bond donors (Lipinski definition) is 2. The Kier molecular flexibility index (Phi) is 5.01. The second kappa shape index (κ2) is 7.36. The number of urea groups is 1. The number of likely N-dealkylation sites (tertiary alicyclic amines) is 1. The molecule has 5 nitrogen and oxygen atoms in total. The third kappa shape index (κ3) is 3.86. The van der Waals surface area contributed by atoms with Gasteiger partial charge in [0.25, 0.3) is 0 Å². The van der Waals surface area contributed by atoms with Crippen molar-refractivity contribution in [2.75, 3.05) is 18.4 Å². The molecular formula is C19H22N2O3. The maximum absolute atomic E-state index is 12.3. The first-order chi connectivity index (χ1) is 11.6. The van der Waals surface area contributed by atoms with Crippen molar-refractivity contribution < 1.29 is 14.6 Å². The SMILES string of the molecule is C[C@@H](Oc1ccccc1NC(=O)N1CC[C@H](O)C1)c1ccccc1. The number of rotatable bonds is 4. The van der Waals surface area contributed by atoms with Crippen molar-refractivity contribution in [3.63, 3.8) is 0 Å². The molecule has 24 heavy (non-hydrogen) atoms. The van der Waals surface area contributed by atoms with Gasteiger partial charge in [-0.15, -0.1) is 0 Å². The molecule has 0 aliphatic carbocycles. The zero-order chi connectivity index (χ0) is 16.9. The summed E-state index contributed by atoms with van der Waals surface area (Å²) in [5.74, 6) is 0.627. The molecule has 1 saturated heterocycles. The first kappa shape index (κ1) is 16.3. The first-order valence-electron chi connectivity index (χ1n) is 8.18.